The van der Waals surface area contributed by atoms with Crippen LogP contribution in [0.3, 0.4) is 0 Å². The molecule has 8 rings (SSSR count). The van der Waals surface area contributed by atoms with E-state index < -0.39 is 0 Å². The van der Waals surface area contributed by atoms with E-state index in [9.17, 15) is 0 Å². The lowest BCUT2D eigenvalue weighted by Crippen LogP contribution is -1.94. The van der Waals surface area contributed by atoms with Crippen molar-refractivity contribution < 1.29 is 0 Å². The van der Waals surface area contributed by atoms with Crippen LogP contribution in [0.4, 0.5) is 0 Å². The summed E-state index contributed by atoms with van der Waals surface area (Å²) in [6.07, 6.45) is 3.69. The SMILES string of the molecule is c1ccc(-n2c3cc(-c4ccccn4)ccc3c3c4ccccc4c(-c4ccc(-c5ccccn5)cc4)cc32)cc1. The number of hydrogen-bond acceptors (Lipinski definition) is 2. The van der Waals surface area contributed by atoms with Crippen LogP contribution in [-0.4, -0.2) is 14.5 Å². The molecule has 0 atom stereocenters. The van der Waals surface area contributed by atoms with Gasteiger partial charge in [0.1, 0.15) is 0 Å². The molecule has 0 saturated heterocycles. The first-order valence-electron chi connectivity index (χ1n) is 13.8. The largest absolute Gasteiger partial charge is 0.309 e. The zero-order chi connectivity index (χ0) is 27.2. The van der Waals surface area contributed by atoms with Gasteiger partial charge in [-0.1, -0.05) is 91.0 Å². The molecule has 0 aliphatic heterocycles. The molecule has 0 fully saturated rings. The van der Waals surface area contributed by atoms with Crippen LogP contribution in [0.15, 0.2) is 152 Å². The smallest absolute Gasteiger partial charge is 0.0702 e. The summed E-state index contributed by atoms with van der Waals surface area (Å²) >= 11 is 0. The molecule has 41 heavy (non-hydrogen) atoms. The highest BCUT2D eigenvalue weighted by atomic mass is 15.0. The Kier molecular flexibility index (Phi) is 5.46. The zero-order valence-electron chi connectivity index (χ0n) is 22.3. The summed E-state index contributed by atoms with van der Waals surface area (Å²) < 4.78 is 2.40. The van der Waals surface area contributed by atoms with Crippen molar-refractivity contribution in [1.29, 1.82) is 0 Å². The Morgan fingerprint density at radius 1 is 0.415 bits per heavy atom. The highest BCUT2D eigenvalue weighted by Crippen LogP contribution is 2.42. The average molecular weight is 524 g/mol. The highest BCUT2D eigenvalue weighted by Gasteiger charge is 2.18. The lowest BCUT2D eigenvalue weighted by Gasteiger charge is -2.12. The average Bonchev–Trinajstić information content (AvgIpc) is 3.39. The molecule has 0 aliphatic rings. The van der Waals surface area contributed by atoms with E-state index in [1.807, 2.05) is 42.7 Å². The minimum absolute atomic E-state index is 0.970. The monoisotopic (exact) mass is 523 g/mol. The molecule has 0 radical (unpaired) electrons. The van der Waals surface area contributed by atoms with Crippen molar-refractivity contribution in [1.82, 2.24) is 14.5 Å². The van der Waals surface area contributed by atoms with Gasteiger partial charge in [-0.3, -0.25) is 9.97 Å². The summed E-state index contributed by atoms with van der Waals surface area (Å²) in [4.78, 5) is 9.16. The van der Waals surface area contributed by atoms with Crippen molar-refractivity contribution in [2.24, 2.45) is 0 Å². The molecule has 0 amide bonds. The second-order valence-corrected chi connectivity index (χ2v) is 10.3. The van der Waals surface area contributed by atoms with Crippen LogP contribution >= 0.6 is 0 Å². The van der Waals surface area contributed by atoms with Crippen LogP contribution < -0.4 is 0 Å². The van der Waals surface area contributed by atoms with Crippen molar-refractivity contribution >= 4 is 32.6 Å². The fourth-order valence-electron chi connectivity index (χ4n) is 6.02. The molecule has 3 heteroatoms. The van der Waals surface area contributed by atoms with Crippen LogP contribution in [0.25, 0.3) is 71.9 Å². The van der Waals surface area contributed by atoms with E-state index in [1.54, 1.807) is 0 Å². The van der Waals surface area contributed by atoms with Crippen LogP contribution in [0.2, 0.25) is 0 Å². The highest BCUT2D eigenvalue weighted by molar-refractivity contribution is 6.24. The van der Waals surface area contributed by atoms with E-state index >= 15 is 0 Å². The second-order valence-electron chi connectivity index (χ2n) is 10.3. The third kappa shape index (κ3) is 3.90. The molecule has 0 N–H and O–H groups in total. The molecule has 5 aromatic carbocycles. The van der Waals surface area contributed by atoms with Gasteiger partial charge in [-0.15, -0.1) is 0 Å². The fraction of sp³-hybridized carbons (Fsp3) is 0. The maximum absolute atomic E-state index is 4.63. The van der Waals surface area contributed by atoms with Crippen molar-refractivity contribution in [3.05, 3.63) is 152 Å². The van der Waals surface area contributed by atoms with Gasteiger partial charge >= 0.3 is 0 Å². The van der Waals surface area contributed by atoms with Gasteiger partial charge in [-0.25, -0.2) is 0 Å². The third-order valence-corrected chi connectivity index (χ3v) is 7.90. The Morgan fingerprint density at radius 2 is 1.02 bits per heavy atom. The normalized spacial score (nSPS) is 11.4. The summed E-state index contributed by atoms with van der Waals surface area (Å²) in [7, 11) is 0. The molecule has 0 saturated carbocycles. The third-order valence-electron chi connectivity index (χ3n) is 7.90. The zero-order valence-corrected chi connectivity index (χ0v) is 22.3. The van der Waals surface area contributed by atoms with E-state index in [2.05, 4.69) is 124 Å². The molecule has 0 spiro atoms. The standard InChI is InChI=1S/C38H25N3/c1-2-10-29(11-3-1)41-36-24-28(35-15-7-9-23-40-35)20-21-32(36)38-31-13-5-4-12-30(31)33(25-37(38)41)26-16-18-27(19-17-26)34-14-6-8-22-39-34/h1-25H. The van der Waals surface area contributed by atoms with Crippen LogP contribution in [0.1, 0.15) is 0 Å². The maximum Gasteiger partial charge on any atom is 0.0702 e. The van der Waals surface area contributed by atoms with Gasteiger partial charge < -0.3 is 4.57 Å². The molecular weight excluding hydrogens is 498 g/mol. The number of nitrogens with zero attached hydrogens (tertiary/aromatic N) is 3. The number of rotatable bonds is 4. The molecule has 3 nitrogen and oxygen atoms in total. The van der Waals surface area contributed by atoms with E-state index in [0.29, 0.717) is 0 Å². The Balaban J connectivity index is 1.43. The topological polar surface area (TPSA) is 30.7 Å². The molecule has 0 aliphatic carbocycles. The lowest BCUT2D eigenvalue weighted by atomic mass is 9.94. The van der Waals surface area contributed by atoms with Crippen molar-refractivity contribution in [2.75, 3.05) is 0 Å². The Morgan fingerprint density at radius 3 is 1.73 bits per heavy atom. The number of benzene rings is 5. The summed E-state index contributed by atoms with van der Waals surface area (Å²) in [5.74, 6) is 0. The van der Waals surface area contributed by atoms with Gasteiger partial charge in [-0.2, -0.15) is 0 Å². The maximum atomic E-state index is 4.63. The van der Waals surface area contributed by atoms with Crippen LogP contribution in [0, 0.1) is 0 Å². The quantitative estimate of drug-likeness (QED) is 0.230. The summed E-state index contributed by atoms with van der Waals surface area (Å²) in [5, 5.41) is 4.99. The lowest BCUT2D eigenvalue weighted by molar-refractivity contribution is 1.18. The number of fused-ring (bicyclic) bond motifs is 5. The van der Waals surface area contributed by atoms with E-state index in [0.717, 1.165) is 28.2 Å². The molecule has 3 aromatic heterocycles. The van der Waals surface area contributed by atoms with Gasteiger partial charge in [-0.05, 0) is 70.4 Å². The minimum Gasteiger partial charge on any atom is -0.309 e. The number of hydrogen-bond donors (Lipinski definition) is 0. The van der Waals surface area contributed by atoms with Gasteiger partial charge in [0.2, 0.25) is 0 Å². The Bertz CT molecular complexity index is 2160. The van der Waals surface area contributed by atoms with Gasteiger partial charge in [0, 0.05) is 40.0 Å². The van der Waals surface area contributed by atoms with Gasteiger partial charge in [0.05, 0.1) is 22.4 Å². The summed E-state index contributed by atoms with van der Waals surface area (Å²) in [6, 6.07) is 49.4. The van der Waals surface area contributed by atoms with E-state index in [4.69, 9.17) is 0 Å². The summed E-state index contributed by atoms with van der Waals surface area (Å²) in [6.45, 7) is 0. The number of para-hydroxylation sites is 1. The molecule has 0 unspecified atom stereocenters. The van der Waals surface area contributed by atoms with E-state index in [-0.39, 0.29) is 0 Å². The second kappa shape index (κ2) is 9.58. The van der Waals surface area contributed by atoms with Crippen molar-refractivity contribution in [3.63, 3.8) is 0 Å². The number of aromatic nitrogens is 3. The first-order valence-corrected chi connectivity index (χ1v) is 13.8. The fourth-order valence-corrected chi connectivity index (χ4v) is 6.02. The first kappa shape index (κ1) is 23.4. The molecular formula is C38H25N3. The van der Waals surface area contributed by atoms with Crippen LogP contribution in [0.5, 0.6) is 0 Å². The predicted molar refractivity (Wildman–Crippen MR) is 170 cm³/mol. The Labute approximate surface area is 238 Å². The molecule has 192 valence electrons. The molecule has 0 bridgehead atoms. The van der Waals surface area contributed by atoms with Gasteiger partial charge in [0.15, 0.2) is 0 Å². The van der Waals surface area contributed by atoms with E-state index in [1.165, 1.54) is 43.7 Å². The first-order chi connectivity index (χ1) is 20.3. The predicted octanol–water partition coefficient (Wildman–Crippen LogP) is 9.73. The molecule has 3 heterocycles. The van der Waals surface area contributed by atoms with Crippen molar-refractivity contribution in [2.45, 2.75) is 0 Å². The van der Waals surface area contributed by atoms with Crippen LogP contribution in [-0.2, 0) is 0 Å². The van der Waals surface area contributed by atoms with Crippen molar-refractivity contribution in [3.8, 4) is 39.3 Å². The number of pyridine rings is 2. The Hall–Kier alpha value is -5.54. The minimum atomic E-state index is 0.970. The molecule has 8 aromatic rings. The summed E-state index contributed by atoms with van der Waals surface area (Å²) in [5.41, 5.74) is 10.1. The van der Waals surface area contributed by atoms with Gasteiger partial charge in [0.25, 0.3) is 0 Å².